The van der Waals surface area contributed by atoms with Gasteiger partial charge in [0, 0.05) is 11.1 Å². The lowest BCUT2D eigenvalue weighted by Gasteiger charge is -2.19. The molecular formula is C21H24N2O. The third-order valence-electron chi connectivity index (χ3n) is 4.25. The van der Waals surface area contributed by atoms with E-state index in [4.69, 9.17) is 5.10 Å². The van der Waals surface area contributed by atoms with Gasteiger partial charge in [-0.15, -0.1) is 0 Å². The molecule has 3 aromatic rings. The molecule has 0 atom stereocenters. The second-order valence-corrected chi connectivity index (χ2v) is 7.36. The van der Waals surface area contributed by atoms with Gasteiger partial charge < -0.3 is 5.11 Å². The molecule has 0 radical (unpaired) electrons. The Morgan fingerprint density at radius 3 is 2.29 bits per heavy atom. The second-order valence-electron chi connectivity index (χ2n) is 7.36. The largest absolute Gasteiger partial charge is 0.493 e. The summed E-state index contributed by atoms with van der Waals surface area (Å²) in [6, 6.07) is 16.2. The lowest BCUT2D eigenvalue weighted by molar-refractivity contribution is 0.413. The van der Waals surface area contributed by atoms with Gasteiger partial charge >= 0.3 is 0 Å². The Balaban J connectivity index is 2.30. The van der Waals surface area contributed by atoms with Crippen molar-refractivity contribution in [2.45, 2.75) is 40.0 Å². The Morgan fingerprint density at radius 2 is 1.67 bits per heavy atom. The normalized spacial score (nSPS) is 11.7. The Labute approximate surface area is 143 Å². The molecule has 0 saturated carbocycles. The fourth-order valence-corrected chi connectivity index (χ4v) is 3.06. The highest BCUT2D eigenvalue weighted by atomic mass is 16.3. The van der Waals surface area contributed by atoms with E-state index in [1.807, 2.05) is 43.3 Å². The monoisotopic (exact) mass is 320 g/mol. The molecule has 0 amide bonds. The minimum atomic E-state index is -0.218. The van der Waals surface area contributed by atoms with Gasteiger partial charge in [-0.25, -0.2) is 4.68 Å². The molecule has 24 heavy (non-hydrogen) atoms. The van der Waals surface area contributed by atoms with Crippen LogP contribution in [0.4, 0.5) is 0 Å². The molecule has 0 spiro atoms. The van der Waals surface area contributed by atoms with E-state index in [1.54, 1.807) is 4.68 Å². The van der Waals surface area contributed by atoms with Crippen LogP contribution in [0.2, 0.25) is 0 Å². The van der Waals surface area contributed by atoms with Crippen LogP contribution < -0.4 is 0 Å². The number of aromatic hydroxyl groups is 1. The van der Waals surface area contributed by atoms with Crippen LogP contribution in [0.3, 0.4) is 0 Å². The van der Waals surface area contributed by atoms with Crippen molar-refractivity contribution in [1.82, 2.24) is 9.78 Å². The SMILES string of the molecule is Cc1cccc(-c2nn(-c3ccccc3C)c(O)c2C(C)(C)C)c1. The van der Waals surface area contributed by atoms with Crippen molar-refractivity contribution in [3.8, 4) is 22.8 Å². The van der Waals surface area contributed by atoms with E-state index in [9.17, 15) is 5.11 Å². The summed E-state index contributed by atoms with van der Waals surface area (Å²) in [5.41, 5.74) is 5.68. The number of hydrogen-bond donors (Lipinski definition) is 1. The molecule has 1 N–H and O–H groups in total. The van der Waals surface area contributed by atoms with Gasteiger partial charge in [-0.2, -0.15) is 5.10 Å². The van der Waals surface area contributed by atoms with E-state index in [2.05, 4.69) is 39.8 Å². The topological polar surface area (TPSA) is 38.0 Å². The van der Waals surface area contributed by atoms with Crippen molar-refractivity contribution < 1.29 is 5.11 Å². The molecular weight excluding hydrogens is 296 g/mol. The van der Waals surface area contributed by atoms with E-state index in [0.29, 0.717) is 0 Å². The highest BCUT2D eigenvalue weighted by Crippen LogP contribution is 2.40. The van der Waals surface area contributed by atoms with Crippen molar-refractivity contribution >= 4 is 0 Å². The van der Waals surface area contributed by atoms with Crippen LogP contribution in [0.1, 0.15) is 37.5 Å². The molecule has 0 aliphatic heterocycles. The van der Waals surface area contributed by atoms with E-state index < -0.39 is 0 Å². The third-order valence-corrected chi connectivity index (χ3v) is 4.25. The molecule has 0 aliphatic carbocycles. The van der Waals surface area contributed by atoms with E-state index in [0.717, 1.165) is 28.1 Å². The Morgan fingerprint density at radius 1 is 0.958 bits per heavy atom. The molecule has 0 unspecified atom stereocenters. The number of para-hydroxylation sites is 1. The summed E-state index contributed by atoms with van der Waals surface area (Å²) in [5.74, 6) is 0.216. The van der Waals surface area contributed by atoms with Crippen molar-refractivity contribution in [2.75, 3.05) is 0 Å². The van der Waals surface area contributed by atoms with Gasteiger partial charge in [-0.3, -0.25) is 0 Å². The Hall–Kier alpha value is -2.55. The molecule has 0 saturated heterocycles. The fourth-order valence-electron chi connectivity index (χ4n) is 3.06. The smallest absolute Gasteiger partial charge is 0.218 e. The average Bonchev–Trinajstić information content (AvgIpc) is 2.85. The van der Waals surface area contributed by atoms with Gasteiger partial charge in [0.05, 0.1) is 5.69 Å². The maximum atomic E-state index is 11.0. The van der Waals surface area contributed by atoms with Crippen molar-refractivity contribution in [1.29, 1.82) is 0 Å². The van der Waals surface area contributed by atoms with Crippen molar-refractivity contribution in [3.05, 3.63) is 65.2 Å². The Bertz CT molecular complexity index is 885. The minimum Gasteiger partial charge on any atom is -0.493 e. The molecule has 0 aliphatic rings. The molecule has 0 fully saturated rings. The number of aromatic nitrogens is 2. The first-order valence-electron chi connectivity index (χ1n) is 8.24. The maximum Gasteiger partial charge on any atom is 0.218 e. The summed E-state index contributed by atoms with van der Waals surface area (Å²) >= 11 is 0. The molecule has 1 aromatic heterocycles. The number of aryl methyl sites for hydroxylation is 2. The van der Waals surface area contributed by atoms with Gasteiger partial charge in [0.25, 0.3) is 0 Å². The zero-order chi connectivity index (χ0) is 17.5. The first-order valence-corrected chi connectivity index (χ1v) is 8.24. The molecule has 2 aromatic carbocycles. The predicted molar refractivity (Wildman–Crippen MR) is 98.8 cm³/mol. The van der Waals surface area contributed by atoms with Crippen LogP contribution >= 0.6 is 0 Å². The van der Waals surface area contributed by atoms with Gasteiger partial charge in [0.1, 0.15) is 5.69 Å². The number of hydrogen-bond acceptors (Lipinski definition) is 2. The third kappa shape index (κ3) is 2.82. The molecule has 3 rings (SSSR count). The minimum absolute atomic E-state index is 0.216. The quantitative estimate of drug-likeness (QED) is 0.708. The first-order chi connectivity index (χ1) is 11.3. The summed E-state index contributed by atoms with van der Waals surface area (Å²) in [6.45, 7) is 10.4. The van der Waals surface area contributed by atoms with Crippen LogP contribution in [0.25, 0.3) is 16.9 Å². The highest BCUT2D eigenvalue weighted by molar-refractivity contribution is 5.68. The highest BCUT2D eigenvalue weighted by Gasteiger charge is 2.29. The van der Waals surface area contributed by atoms with Crippen LogP contribution in [0.5, 0.6) is 5.88 Å². The second kappa shape index (κ2) is 5.82. The molecule has 3 heteroatoms. The number of nitrogens with zero attached hydrogens (tertiary/aromatic N) is 2. The van der Waals surface area contributed by atoms with Crippen LogP contribution in [-0.2, 0) is 5.41 Å². The van der Waals surface area contributed by atoms with Crippen molar-refractivity contribution in [2.24, 2.45) is 0 Å². The number of benzene rings is 2. The average molecular weight is 320 g/mol. The zero-order valence-electron chi connectivity index (χ0n) is 15.0. The van der Waals surface area contributed by atoms with Crippen molar-refractivity contribution in [3.63, 3.8) is 0 Å². The molecule has 124 valence electrons. The lowest BCUT2D eigenvalue weighted by atomic mass is 9.85. The summed E-state index contributed by atoms with van der Waals surface area (Å²) < 4.78 is 1.66. The summed E-state index contributed by atoms with van der Waals surface area (Å²) in [7, 11) is 0. The summed E-state index contributed by atoms with van der Waals surface area (Å²) in [5, 5.41) is 15.7. The van der Waals surface area contributed by atoms with Crippen LogP contribution in [-0.4, -0.2) is 14.9 Å². The standard InChI is InChI=1S/C21H24N2O/c1-14-9-8-11-16(13-14)19-18(21(3,4)5)20(24)23(22-19)17-12-7-6-10-15(17)2/h6-13,24H,1-5H3. The maximum absolute atomic E-state index is 11.0. The molecule has 0 bridgehead atoms. The number of rotatable bonds is 2. The molecule has 1 heterocycles. The summed E-state index contributed by atoms with van der Waals surface area (Å²) in [6.07, 6.45) is 0. The van der Waals surface area contributed by atoms with Gasteiger partial charge in [-0.05, 0) is 37.0 Å². The molecule has 3 nitrogen and oxygen atoms in total. The Kier molecular flexibility index (Phi) is 3.96. The summed E-state index contributed by atoms with van der Waals surface area (Å²) in [4.78, 5) is 0. The zero-order valence-corrected chi connectivity index (χ0v) is 15.0. The van der Waals surface area contributed by atoms with E-state index in [-0.39, 0.29) is 11.3 Å². The van der Waals surface area contributed by atoms with Gasteiger partial charge in [0.2, 0.25) is 5.88 Å². The van der Waals surface area contributed by atoms with Crippen LogP contribution in [0, 0.1) is 13.8 Å². The predicted octanol–water partition coefficient (Wildman–Crippen LogP) is 5.16. The lowest BCUT2D eigenvalue weighted by Crippen LogP contribution is -2.12. The van der Waals surface area contributed by atoms with E-state index >= 15 is 0 Å². The van der Waals surface area contributed by atoms with Gasteiger partial charge in [-0.1, -0.05) is 62.7 Å². The first kappa shape index (κ1) is 16.3. The van der Waals surface area contributed by atoms with Gasteiger partial charge in [0.15, 0.2) is 0 Å². The fraction of sp³-hybridized carbons (Fsp3) is 0.286. The van der Waals surface area contributed by atoms with Crippen LogP contribution in [0.15, 0.2) is 48.5 Å². The van der Waals surface area contributed by atoms with E-state index in [1.165, 1.54) is 5.56 Å².